The average Bonchev–Trinajstić information content (AvgIpc) is 3.41. The maximum Gasteiger partial charge on any atom is 0.255 e. The van der Waals surface area contributed by atoms with E-state index in [1.165, 1.54) is 24.6 Å². The molecule has 10 heteroatoms. The van der Waals surface area contributed by atoms with Gasteiger partial charge < -0.3 is 10.6 Å². The summed E-state index contributed by atoms with van der Waals surface area (Å²) in [4.78, 5) is 26.5. The highest BCUT2D eigenvalue weighted by atomic mass is 32.2. The van der Waals surface area contributed by atoms with Gasteiger partial charge in [-0.25, -0.2) is 9.97 Å². The van der Waals surface area contributed by atoms with Crippen LogP contribution in [0.1, 0.15) is 34.8 Å². The van der Waals surface area contributed by atoms with Gasteiger partial charge in [0.2, 0.25) is 5.95 Å². The number of imidazole rings is 1. The van der Waals surface area contributed by atoms with Crippen LogP contribution in [0.5, 0.6) is 0 Å². The molecule has 168 valence electrons. The fourth-order valence-electron chi connectivity index (χ4n) is 3.59. The molecule has 5 aromatic rings. The minimum atomic E-state index is -0.173. The fraction of sp³-hybridized carbons (Fsp3) is 0.125. The minimum Gasteiger partial charge on any atom is -0.322 e. The summed E-state index contributed by atoms with van der Waals surface area (Å²) in [5.41, 5.74) is 3.23. The van der Waals surface area contributed by atoms with E-state index in [1.807, 2.05) is 47.0 Å². The highest BCUT2D eigenvalue weighted by Crippen LogP contribution is 2.39. The summed E-state index contributed by atoms with van der Waals surface area (Å²) in [6, 6.07) is 15.0. The van der Waals surface area contributed by atoms with Crippen LogP contribution in [-0.2, 0) is 0 Å². The van der Waals surface area contributed by atoms with Gasteiger partial charge >= 0.3 is 0 Å². The quantitative estimate of drug-likeness (QED) is 0.292. The van der Waals surface area contributed by atoms with Crippen LogP contribution in [0.3, 0.4) is 0 Å². The van der Waals surface area contributed by atoms with Crippen LogP contribution in [0, 0.1) is 0 Å². The number of H-pyrrole nitrogens is 1. The van der Waals surface area contributed by atoms with Crippen LogP contribution >= 0.6 is 11.8 Å². The molecule has 34 heavy (non-hydrogen) atoms. The number of rotatable bonds is 7. The number of anilines is 3. The monoisotopic (exact) mass is 468 g/mol. The molecule has 0 saturated heterocycles. The number of nitrogens with one attached hydrogen (secondary N) is 3. The number of carbonyl (C=O) groups is 1. The van der Waals surface area contributed by atoms with Crippen LogP contribution < -0.4 is 10.6 Å². The summed E-state index contributed by atoms with van der Waals surface area (Å²) in [6.45, 7) is 0. The minimum absolute atomic E-state index is 0.173. The van der Waals surface area contributed by atoms with Gasteiger partial charge in [-0.3, -0.25) is 19.3 Å². The van der Waals surface area contributed by atoms with Gasteiger partial charge in [0.15, 0.2) is 5.82 Å². The van der Waals surface area contributed by atoms with Crippen molar-refractivity contribution in [3.63, 3.8) is 0 Å². The molecule has 1 fully saturated rings. The van der Waals surface area contributed by atoms with Gasteiger partial charge in [0, 0.05) is 64.7 Å². The molecule has 0 aliphatic heterocycles. The third-order valence-electron chi connectivity index (χ3n) is 5.50. The average molecular weight is 469 g/mol. The summed E-state index contributed by atoms with van der Waals surface area (Å²) in [7, 11) is 0. The van der Waals surface area contributed by atoms with Gasteiger partial charge in [-0.1, -0.05) is 11.8 Å². The zero-order valence-electron chi connectivity index (χ0n) is 18.0. The molecule has 0 unspecified atom stereocenters. The number of pyridine rings is 1. The Morgan fingerprint density at radius 2 is 1.88 bits per heavy atom. The van der Waals surface area contributed by atoms with Crippen LogP contribution in [0.15, 0.2) is 83.2 Å². The molecule has 0 atom stereocenters. The molecule has 1 amide bonds. The van der Waals surface area contributed by atoms with Crippen molar-refractivity contribution < 1.29 is 4.79 Å². The Hall–Kier alpha value is -4.18. The summed E-state index contributed by atoms with van der Waals surface area (Å²) in [5, 5.41) is 14.5. The summed E-state index contributed by atoms with van der Waals surface area (Å²) in [6.07, 6.45) is 9.23. The van der Waals surface area contributed by atoms with Crippen molar-refractivity contribution in [2.45, 2.75) is 28.7 Å². The Bertz CT molecular complexity index is 1460. The van der Waals surface area contributed by atoms with E-state index < -0.39 is 0 Å². The Kier molecular flexibility index (Phi) is 5.19. The van der Waals surface area contributed by atoms with Crippen LogP contribution in [0.2, 0.25) is 0 Å². The molecule has 0 spiro atoms. The molecule has 1 saturated carbocycles. The van der Waals surface area contributed by atoms with E-state index in [-0.39, 0.29) is 5.91 Å². The zero-order valence-corrected chi connectivity index (χ0v) is 18.8. The molecule has 1 aliphatic carbocycles. The molecule has 3 N–H and O–H groups in total. The summed E-state index contributed by atoms with van der Waals surface area (Å²) in [5.74, 6) is 1.81. The topological polar surface area (TPSA) is 113 Å². The van der Waals surface area contributed by atoms with E-state index >= 15 is 0 Å². The standard InChI is InChI=1S/C24H20N8OS/c33-23(16-7-9-25-10-8-16)27-17-3-5-18(6-4-17)34-22-14-21-26-11-12-32(21)24(29-22)28-20-13-19(30-31-20)15-1-2-15/h3-15H,1-2H2,(H,27,33)(H2,28,29,30,31). The first-order valence-corrected chi connectivity index (χ1v) is 11.7. The van der Waals surface area contributed by atoms with Gasteiger partial charge in [0.05, 0.1) is 0 Å². The molecule has 1 aromatic carbocycles. The van der Waals surface area contributed by atoms with Gasteiger partial charge in [-0.2, -0.15) is 5.10 Å². The first-order chi connectivity index (χ1) is 16.7. The Morgan fingerprint density at radius 1 is 1.06 bits per heavy atom. The van der Waals surface area contributed by atoms with Crippen molar-refractivity contribution in [3.8, 4) is 0 Å². The Morgan fingerprint density at radius 3 is 2.68 bits per heavy atom. The lowest BCUT2D eigenvalue weighted by Gasteiger charge is -2.09. The number of hydrogen-bond acceptors (Lipinski definition) is 7. The molecule has 0 radical (unpaired) electrons. The van der Waals surface area contributed by atoms with Gasteiger partial charge in [-0.15, -0.1) is 0 Å². The summed E-state index contributed by atoms with van der Waals surface area (Å²) < 4.78 is 1.90. The maximum absolute atomic E-state index is 12.3. The normalized spacial score (nSPS) is 13.2. The molecular formula is C24H20N8OS. The third kappa shape index (κ3) is 4.35. The number of amides is 1. The Labute approximate surface area is 199 Å². The molecular weight excluding hydrogens is 448 g/mol. The zero-order chi connectivity index (χ0) is 22.9. The van der Waals surface area contributed by atoms with Crippen LogP contribution in [0.4, 0.5) is 17.5 Å². The van der Waals surface area contributed by atoms with Crippen LogP contribution in [0.25, 0.3) is 5.65 Å². The van der Waals surface area contributed by atoms with Crippen molar-refractivity contribution >= 4 is 40.8 Å². The van der Waals surface area contributed by atoms with Gasteiger partial charge in [0.25, 0.3) is 5.91 Å². The van der Waals surface area contributed by atoms with E-state index in [4.69, 9.17) is 4.98 Å². The second-order valence-electron chi connectivity index (χ2n) is 8.00. The first-order valence-electron chi connectivity index (χ1n) is 10.9. The van der Waals surface area contributed by atoms with Gasteiger partial charge in [-0.05, 0) is 49.2 Å². The molecule has 0 bridgehead atoms. The van der Waals surface area contributed by atoms with E-state index in [9.17, 15) is 4.79 Å². The van der Waals surface area contributed by atoms with E-state index in [1.54, 1.807) is 30.7 Å². The largest absolute Gasteiger partial charge is 0.322 e. The SMILES string of the molecule is O=C(Nc1ccc(Sc2cc3nccn3c(Nc3cc(C4CC4)[nH]n3)n2)cc1)c1ccncc1. The smallest absolute Gasteiger partial charge is 0.255 e. The lowest BCUT2D eigenvalue weighted by Crippen LogP contribution is -2.11. The lowest BCUT2D eigenvalue weighted by atomic mass is 10.2. The molecule has 6 rings (SSSR count). The van der Waals surface area contributed by atoms with Crippen molar-refractivity contribution in [2.75, 3.05) is 10.6 Å². The molecule has 9 nitrogen and oxygen atoms in total. The van der Waals surface area contributed by atoms with E-state index in [0.717, 1.165) is 32.8 Å². The molecule has 4 heterocycles. The van der Waals surface area contributed by atoms with E-state index in [0.29, 0.717) is 17.4 Å². The number of benzene rings is 1. The highest BCUT2D eigenvalue weighted by molar-refractivity contribution is 7.99. The maximum atomic E-state index is 12.3. The third-order valence-corrected chi connectivity index (χ3v) is 6.42. The predicted molar refractivity (Wildman–Crippen MR) is 130 cm³/mol. The molecule has 4 aromatic heterocycles. The van der Waals surface area contributed by atoms with Gasteiger partial charge in [0.1, 0.15) is 10.7 Å². The summed E-state index contributed by atoms with van der Waals surface area (Å²) >= 11 is 1.52. The number of aromatic nitrogens is 6. The number of fused-ring (bicyclic) bond motifs is 1. The number of carbonyl (C=O) groups excluding carboxylic acids is 1. The fourth-order valence-corrected chi connectivity index (χ4v) is 4.40. The van der Waals surface area contributed by atoms with E-state index in [2.05, 4.69) is 30.8 Å². The highest BCUT2D eigenvalue weighted by Gasteiger charge is 2.25. The van der Waals surface area contributed by atoms with Crippen molar-refractivity contribution in [1.82, 2.24) is 29.5 Å². The lowest BCUT2D eigenvalue weighted by molar-refractivity contribution is 0.102. The second-order valence-corrected chi connectivity index (χ2v) is 9.09. The first kappa shape index (κ1) is 20.4. The van der Waals surface area contributed by atoms with Crippen molar-refractivity contribution in [3.05, 3.63) is 84.6 Å². The van der Waals surface area contributed by atoms with Crippen molar-refractivity contribution in [2.24, 2.45) is 0 Å². The number of hydrogen-bond donors (Lipinski definition) is 3. The molecule has 1 aliphatic rings. The van der Waals surface area contributed by atoms with Crippen LogP contribution in [-0.4, -0.2) is 35.5 Å². The number of aromatic amines is 1. The predicted octanol–water partition coefficient (Wildman–Crippen LogP) is 4.87. The Balaban J connectivity index is 1.19. The second kappa shape index (κ2) is 8.64. The van der Waals surface area contributed by atoms with Crippen molar-refractivity contribution in [1.29, 1.82) is 0 Å². The number of nitrogens with zero attached hydrogens (tertiary/aromatic N) is 5.